The van der Waals surface area contributed by atoms with Crippen molar-refractivity contribution in [2.45, 2.75) is 25.7 Å². The first kappa shape index (κ1) is 16.8. The van der Waals surface area contributed by atoms with E-state index in [1.54, 1.807) is 26.0 Å². The Morgan fingerprint density at radius 3 is 2.17 bits per heavy atom. The molecule has 0 fully saturated rings. The van der Waals surface area contributed by atoms with Crippen molar-refractivity contribution in [2.75, 3.05) is 0 Å². The highest BCUT2D eigenvalue weighted by atomic mass is 32.2. The molecule has 0 heterocycles. The smallest absolute Gasteiger partial charge is 0.277 e. The number of aryl methyl sites for hydroxylation is 3. The average Bonchev–Trinajstić information content (AvgIpc) is 2.41. The largest absolute Gasteiger partial charge is 0.504 e. The zero-order valence-electron chi connectivity index (χ0n) is 13.0. The Bertz CT molecular complexity index is 851. The summed E-state index contributed by atoms with van der Waals surface area (Å²) in [5.74, 6) is -0.560. The van der Waals surface area contributed by atoms with Crippen LogP contribution in [0.15, 0.2) is 40.3 Å². The fourth-order valence-electron chi connectivity index (χ4n) is 2.43. The monoisotopic (exact) mass is 334 g/mol. The molecule has 0 spiro atoms. The number of phenolic OH excluding ortho intramolecular Hbond substituents is 2. The minimum absolute atomic E-state index is 0.203. The van der Waals surface area contributed by atoms with E-state index in [2.05, 4.69) is 9.93 Å². The molecule has 0 aromatic heterocycles. The lowest BCUT2D eigenvalue weighted by Gasteiger charge is -2.11. The van der Waals surface area contributed by atoms with Gasteiger partial charge in [-0.2, -0.15) is 13.5 Å². The fourth-order valence-corrected chi connectivity index (χ4v) is 3.68. The average molecular weight is 334 g/mol. The van der Waals surface area contributed by atoms with Gasteiger partial charge in [0.05, 0.1) is 11.1 Å². The van der Waals surface area contributed by atoms with Gasteiger partial charge in [-0.15, -0.1) is 0 Å². The third-order valence-electron chi connectivity index (χ3n) is 3.26. The van der Waals surface area contributed by atoms with Crippen molar-refractivity contribution in [1.82, 2.24) is 4.83 Å². The standard InChI is InChI=1S/C16H18N2O4S/c1-10-6-11(2)16(12(3)7-10)23(21,22)18-17-9-13-4-5-14(19)15(20)8-13/h4-9,18-20H,1-3H3/b17-9+. The maximum atomic E-state index is 12.4. The molecule has 3 N–H and O–H groups in total. The molecule has 0 aliphatic heterocycles. The highest BCUT2D eigenvalue weighted by molar-refractivity contribution is 7.89. The summed E-state index contributed by atoms with van der Waals surface area (Å²) in [7, 11) is -3.79. The number of rotatable bonds is 4. The Morgan fingerprint density at radius 1 is 1.00 bits per heavy atom. The van der Waals surface area contributed by atoms with E-state index in [4.69, 9.17) is 0 Å². The number of phenols is 2. The van der Waals surface area contributed by atoms with Crippen LogP contribution in [0.5, 0.6) is 11.5 Å². The lowest BCUT2D eigenvalue weighted by Crippen LogP contribution is -2.20. The predicted octanol–water partition coefficient (Wildman–Crippen LogP) is 2.34. The molecule has 0 radical (unpaired) electrons. The first-order valence-corrected chi connectivity index (χ1v) is 8.34. The maximum absolute atomic E-state index is 12.4. The van der Waals surface area contributed by atoms with Crippen LogP contribution in [0, 0.1) is 20.8 Å². The van der Waals surface area contributed by atoms with Gasteiger partial charge in [-0.05, 0) is 55.7 Å². The van der Waals surface area contributed by atoms with Crippen LogP contribution in [-0.2, 0) is 10.0 Å². The molecule has 0 atom stereocenters. The van der Waals surface area contributed by atoms with E-state index in [0.717, 1.165) is 5.56 Å². The van der Waals surface area contributed by atoms with Gasteiger partial charge in [-0.25, -0.2) is 4.83 Å². The minimum atomic E-state index is -3.79. The second kappa shape index (κ2) is 6.29. The Morgan fingerprint density at radius 2 is 1.61 bits per heavy atom. The molecule has 2 rings (SSSR count). The highest BCUT2D eigenvalue weighted by Crippen LogP contribution is 2.24. The van der Waals surface area contributed by atoms with E-state index in [1.165, 1.54) is 24.4 Å². The van der Waals surface area contributed by atoms with E-state index >= 15 is 0 Å². The number of nitrogens with zero attached hydrogens (tertiary/aromatic N) is 1. The van der Waals surface area contributed by atoms with Crippen LogP contribution in [0.1, 0.15) is 22.3 Å². The molecule has 0 bridgehead atoms. The summed E-state index contributed by atoms with van der Waals surface area (Å²) in [4.78, 5) is 2.36. The molecule has 0 unspecified atom stereocenters. The van der Waals surface area contributed by atoms with Gasteiger partial charge in [0.2, 0.25) is 0 Å². The van der Waals surface area contributed by atoms with Crippen molar-refractivity contribution in [2.24, 2.45) is 5.10 Å². The van der Waals surface area contributed by atoms with Crippen LogP contribution >= 0.6 is 0 Å². The summed E-state index contributed by atoms with van der Waals surface area (Å²) in [6, 6.07) is 7.65. The van der Waals surface area contributed by atoms with Crippen LogP contribution in [0.3, 0.4) is 0 Å². The number of nitrogens with one attached hydrogen (secondary N) is 1. The summed E-state index contributed by atoms with van der Waals surface area (Å²) in [5.41, 5.74) is 2.72. The molecule has 2 aromatic rings. The van der Waals surface area contributed by atoms with E-state index in [0.29, 0.717) is 16.7 Å². The Hall–Kier alpha value is -2.54. The molecule has 0 aliphatic carbocycles. The fraction of sp³-hybridized carbons (Fsp3) is 0.188. The Kier molecular flexibility index (Phi) is 4.60. The quantitative estimate of drug-likeness (QED) is 0.454. The third kappa shape index (κ3) is 3.81. The molecule has 23 heavy (non-hydrogen) atoms. The van der Waals surface area contributed by atoms with Gasteiger partial charge in [-0.3, -0.25) is 0 Å². The third-order valence-corrected chi connectivity index (χ3v) is 4.79. The molecule has 122 valence electrons. The minimum Gasteiger partial charge on any atom is -0.504 e. The molecule has 0 saturated heterocycles. The predicted molar refractivity (Wildman–Crippen MR) is 88.3 cm³/mol. The first-order valence-electron chi connectivity index (χ1n) is 6.85. The van der Waals surface area contributed by atoms with Gasteiger partial charge in [0.25, 0.3) is 10.0 Å². The molecule has 6 nitrogen and oxygen atoms in total. The van der Waals surface area contributed by atoms with Crippen molar-refractivity contribution in [3.8, 4) is 11.5 Å². The van der Waals surface area contributed by atoms with E-state index < -0.39 is 10.0 Å². The van der Waals surface area contributed by atoms with Crippen LogP contribution in [0.2, 0.25) is 0 Å². The Labute approximate surface area is 135 Å². The topological polar surface area (TPSA) is 99.0 Å². The lowest BCUT2D eigenvalue weighted by molar-refractivity contribution is 0.403. The molecule has 0 amide bonds. The molecule has 7 heteroatoms. The van der Waals surface area contributed by atoms with E-state index in [1.807, 2.05) is 6.92 Å². The second-order valence-corrected chi connectivity index (χ2v) is 6.93. The molecule has 2 aromatic carbocycles. The first-order chi connectivity index (χ1) is 10.7. The van der Waals surface area contributed by atoms with E-state index in [-0.39, 0.29) is 16.4 Å². The zero-order chi connectivity index (χ0) is 17.2. The molecular weight excluding hydrogens is 316 g/mol. The number of benzene rings is 2. The maximum Gasteiger partial charge on any atom is 0.277 e. The number of aromatic hydroxyl groups is 2. The van der Waals surface area contributed by atoms with Gasteiger partial charge in [0.15, 0.2) is 11.5 Å². The highest BCUT2D eigenvalue weighted by Gasteiger charge is 2.19. The SMILES string of the molecule is Cc1cc(C)c(S(=O)(=O)N/N=C/c2ccc(O)c(O)c2)c(C)c1. The number of hydrogen-bond acceptors (Lipinski definition) is 5. The summed E-state index contributed by atoms with van der Waals surface area (Å²) in [5, 5.41) is 22.3. The van der Waals surface area contributed by atoms with Crippen LogP contribution in [-0.4, -0.2) is 24.8 Å². The molecule has 0 aliphatic rings. The number of hydrogen-bond donors (Lipinski definition) is 3. The van der Waals surface area contributed by atoms with Crippen LogP contribution in [0.4, 0.5) is 0 Å². The Balaban J connectivity index is 2.25. The van der Waals surface area contributed by atoms with Gasteiger partial charge in [-0.1, -0.05) is 17.7 Å². The summed E-state index contributed by atoms with van der Waals surface area (Å²) in [6.07, 6.45) is 1.25. The van der Waals surface area contributed by atoms with Gasteiger partial charge in [0, 0.05) is 0 Å². The number of hydrazone groups is 1. The molecular formula is C16H18N2O4S. The van der Waals surface area contributed by atoms with Gasteiger partial charge >= 0.3 is 0 Å². The zero-order valence-corrected chi connectivity index (χ0v) is 13.8. The van der Waals surface area contributed by atoms with Crippen molar-refractivity contribution in [3.05, 3.63) is 52.6 Å². The summed E-state index contributed by atoms with van der Waals surface area (Å²) in [6.45, 7) is 5.37. The summed E-state index contributed by atoms with van der Waals surface area (Å²) < 4.78 is 24.8. The van der Waals surface area contributed by atoms with Crippen LogP contribution < -0.4 is 4.83 Å². The van der Waals surface area contributed by atoms with Gasteiger partial charge in [0.1, 0.15) is 0 Å². The lowest BCUT2D eigenvalue weighted by atomic mass is 10.1. The van der Waals surface area contributed by atoms with Crippen molar-refractivity contribution in [1.29, 1.82) is 0 Å². The number of sulfonamides is 1. The van der Waals surface area contributed by atoms with Crippen molar-refractivity contribution >= 4 is 16.2 Å². The van der Waals surface area contributed by atoms with Crippen molar-refractivity contribution in [3.63, 3.8) is 0 Å². The van der Waals surface area contributed by atoms with Gasteiger partial charge < -0.3 is 10.2 Å². The second-order valence-electron chi connectivity index (χ2n) is 5.33. The molecule has 0 saturated carbocycles. The van der Waals surface area contributed by atoms with Crippen LogP contribution in [0.25, 0.3) is 0 Å². The van der Waals surface area contributed by atoms with E-state index in [9.17, 15) is 18.6 Å². The summed E-state index contributed by atoms with van der Waals surface area (Å²) >= 11 is 0. The normalized spacial score (nSPS) is 11.8. The van der Waals surface area contributed by atoms with Crippen molar-refractivity contribution < 1.29 is 18.6 Å².